The van der Waals surface area contributed by atoms with Crippen molar-refractivity contribution in [3.8, 4) is 0 Å². The van der Waals surface area contributed by atoms with Crippen molar-refractivity contribution in [2.45, 2.75) is 12.5 Å². The third kappa shape index (κ3) is 3.77. The van der Waals surface area contributed by atoms with Crippen LogP contribution in [0.15, 0.2) is 56.1 Å². The van der Waals surface area contributed by atoms with E-state index < -0.39 is 12.0 Å². The molecule has 0 aliphatic carbocycles. The minimum Gasteiger partial charge on any atom is -0.465 e. The van der Waals surface area contributed by atoms with Gasteiger partial charge in [-0.15, -0.1) is 0 Å². The van der Waals surface area contributed by atoms with Gasteiger partial charge in [-0.05, 0) is 42.3 Å². The first kappa shape index (κ1) is 21.3. The van der Waals surface area contributed by atoms with Gasteiger partial charge in [0.2, 0.25) is 5.76 Å². The van der Waals surface area contributed by atoms with Crippen molar-refractivity contribution in [1.82, 2.24) is 4.90 Å². The lowest BCUT2D eigenvalue weighted by Gasteiger charge is -2.25. The molecule has 0 saturated heterocycles. The van der Waals surface area contributed by atoms with Gasteiger partial charge < -0.3 is 18.8 Å². The molecule has 160 valence electrons. The first-order valence-corrected chi connectivity index (χ1v) is 10.5. The SMILES string of the molecule is COCCCN1C(=O)c2oc3ccc(Br)cc3c(=O)c2C1c1ccc(C(=O)OC)cc1. The molecule has 2 heterocycles. The lowest BCUT2D eigenvalue weighted by molar-refractivity contribution is 0.0599. The molecule has 31 heavy (non-hydrogen) atoms. The monoisotopic (exact) mass is 485 g/mol. The first-order valence-electron chi connectivity index (χ1n) is 9.70. The van der Waals surface area contributed by atoms with Crippen molar-refractivity contribution in [1.29, 1.82) is 0 Å². The van der Waals surface area contributed by atoms with Crippen LogP contribution in [0.3, 0.4) is 0 Å². The average Bonchev–Trinajstić information content (AvgIpc) is 3.06. The fourth-order valence-electron chi connectivity index (χ4n) is 3.87. The summed E-state index contributed by atoms with van der Waals surface area (Å²) >= 11 is 3.39. The van der Waals surface area contributed by atoms with Crippen LogP contribution in [0.1, 0.15) is 44.5 Å². The summed E-state index contributed by atoms with van der Waals surface area (Å²) in [5.74, 6) is -0.740. The molecule has 3 aromatic rings. The molecule has 7 nitrogen and oxygen atoms in total. The molecule has 0 saturated carbocycles. The van der Waals surface area contributed by atoms with E-state index >= 15 is 0 Å². The maximum absolute atomic E-state index is 13.4. The molecule has 0 N–H and O–H groups in total. The molecule has 1 aliphatic heterocycles. The number of amides is 1. The Morgan fingerprint density at radius 3 is 2.55 bits per heavy atom. The zero-order valence-electron chi connectivity index (χ0n) is 17.0. The van der Waals surface area contributed by atoms with Crippen LogP contribution >= 0.6 is 15.9 Å². The largest absolute Gasteiger partial charge is 0.465 e. The van der Waals surface area contributed by atoms with Crippen LogP contribution in [0.25, 0.3) is 11.0 Å². The highest BCUT2D eigenvalue weighted by molar-refractivity contribution is 9.10. The maximum atomic E-state index is 13.4. The average molecular weight is 486 g/mol. The highest BCUT2D eigenvalue weighted by Gasteiger charge is 2.42. The molecule has 1 aliphatic rings. The van der Waals surface area contributed by atoms with E-state index in [1.165, 1.54) is 7.11 Å². The molecule has 0 fully saturated rings. The summed E-state index contributed by atoms with van der Waals surface area (Å²) < 4.78 is 16.5. The van der Waals surface area contributed by atoms with E-state index in [0.717, 1.165) is 4.47 Å². The Hall–Kier alpha value is -2.97. The standard InChI is InChI=1S/C23H20BrNO6/c1-29-11-3-10-25-19(13-4-6-14(7-5-13)23(28)30-2)18-20(26)16-12-15(24)8-9-17(16)31-21(18)22(25)27/h4-9,12,19H,3,10-11H2,1-2H3. The lowest BCUT2D eigenvalue weighted by Crippen LogP contribution is -2.31. The van der Waals surface area contributed by atoms with E-state index in [0.29, 0.717) is 47.2 Å². The lowest BCUT2D eigenvalue weighted by atomic mass is 9.97. The van der Waals surface area contributed by atoms with E-state index in [9.17, 15) is 14.4 Å². The van der Waals surface area contributed by atoms with Gasteiger partial charge in [-0.1, -0.05) is 28.1 Å². The number of rotatable bonds is 6. The van der Waals surface area contributed by atoms with Crippen molar-refractivity contribution in [2.24, 2.45) is 0 Å². The molecule has 0 bridgehead atoms. The quantitative estimate of drug-likeness (QED) is 0.388. The van der Waals surface area contributed by atoms with Crippen LogP contribution < -0.4 is 5.43 Å². The van der Waals surface area contributed by atoms with E-state index in [1.807, 2.05) is 0 Å². The highest BCUT2D eigenvalue weighted by Crippen LogP contribution is 2.38. The summed E-state index contributed by atoms with van der Waals surface area (Å²) in [5, 5.41) is 0.399. The van der Waals surface area contributed by atoms with Crippen molar-refractivity contribution in [2.75, 3.05) is 27.4 Å². The number of ether oxygens (including phenoxy) is 2. The first-order chi connectivity index (χ1) is 15.0. The fourth-order valence-corrected chi connectivity index (χ4v) is 4.23. The summed E-state index contributed by atoms with van der Waals surface area (Å²) in [6.45, 7) is 0.865. The summed E-state index contributed by atoms with van der Waals surface area (Å²) in [5.41, 5.74) is 1.51. The minimum absolute atomic E-state index is 0.0549. The van der Waals surface area contributed by atoms with Crippen molar-refractivity contribution < 1.29 is 23.5 Å². The molecular formula is C23H20BrNO6. The van der Waals surface area contributed by atoms with E-state index in [1.54, 1.807) is 54.5 Å². The number of carbonyl (C=O) groups excluding carboxylic acids is 2. The zero-order chi connectivity index (χ0) is 22.1. The van der Waals surface area contributed by atoms with Crippen molar-refractivity contribution in [3.05, 3.63) is 79.6 Å². The Morgan fingerprint density at radius 2 is 1.87 bits per heavy atom. The topological polar surface area (TPSA) is 86.0 Å². The Bertz CT molecular complexity index is 1220. The van der Waals surface area contributed by atoms with Gasteiger partial charge in [-0.2, -0.15) is 0 Å². The Kier molecular flexibility index (Phi) is 5.93. The molecule has 4 rings (SSSR count). The Labute approximate surface area is 186 Å². The second-order valence-corrected chi connectivity index (χ2v) is 8.09. The third-order valence-electron chi connectivity index (χ3n) is 5.32. The van der Waals surface area contributed by atoms with Crippen LogP contribution in [0.5, 0.6) is 0 Å². The molecule has 2 aromatic carbocycles. The molecule has 0 spiro atoms. The van der Waals surface area contributed by atoms with Gasteiger partial charge in [-0.3, -0.25) is 9.59 Å². The highest BCUT2D eigenvalue weighted by atomic mass is 79.9. The van der Waals surface area contributed by atoms with E-state index in [2.05, 4.69) is 15.9 Å². The van der Waals surface area contributed by atoms with Gasteiger partial charge in [0.25, 0.3) is 5.91 Å². The fraction of sp³-hybridized carbons (Fsp3) is 0.261. The minimum atomic E-state index is -0.620. The number of hydrogen-bond donors (Lipinski definition) is 0. The van der Waals surface area contributed by atoms with Crippen LogP contribution in [-0.2, 0) is 9.47 Å². The van der Waals surface area contributed by atoms with E-state index in [-0.39, 0.29) is 17.1 Å². The number of methoxy groups -OCH3 is 2. The molecule has 1 aromatic heterocycles. The van der Waals surface area contributed by atoms with Crippen molar-refractivity contribution in [3.63, 3.8) is 0 Å². The van der Waals surface area contributed by atoms with Gasteiger partial charge in [0.1, 0.15) is 5.58 Å². The third-order valence-corrected chi connectivity index (χ3v) is 5.82. The number of fused-ring (bicyclic) bond motifs is 2. The number of nitrogens with zero attached hydrogens (tertiary/aromatic N) is 1. The summed E-state index contributed by atoms with van der Waals surface area (Å²) in [6, 6.07) is 11.2. The van der Waals surface area contributed by atoms with Crippen molar-refractivity contribution >= 4 is 38.8 Å². The summed E-state index contributed by atoms with van der Waals surface area (Å²) in [7, 11) is 2.91. The molecule has 8 heteroatoms. The second kappa shape index (κ2) is 8.64. The maximum Gasteiger partial charge on any atom is 0.337 e. The van der Waals surface area contributed by atoms with Gasteiger partial charge >= 0.3 is 5.97 Å². The second-order valence-electron chi connectivity index (χ2n) is 7.18. The Balaban J connectivity index is 1.87. The predicted octanol–water partition coefficient (Wildman–Crippen LogP) is 3.92. The van der Waals surface area contributed by atoms with Crippen LogP contribution in [0, 0.1) is 0 Å². The summed E-state index contributed by atoms with van der Waals surface area (Å²) in [4.78, 5) is 40.1. The van der Waals surface area contributed by atoms with Crippen LogP contribution in [-0.4, -0.2) is 44.1 Å². The van der Waals surface area contributed by atoms with Gasteiger partial charge in [0, 0.05) is 24.7 Å². The molecule has 1 unspecified atom stereocenters. The summed E-state index contributed by atoms with van der Waals surface area (Å²) in [6.07, 6.45) is 0.603. The van der Waals surface area contributed by atoms with E-state index in [4.69, 9.17) is 13.9 Å². The molecular weight excluding hydrogens is 466 g/mol. The molecule has 0 radical (unpaired) electrons. The molecule has 1 amide bonds. The predicted molar refractivity (Wildman–Crippen MR) is 117 cm³/mol. The van der Waals surface area contributed by atoms with Crippen LogP contribution in [0.2, 0.25) is 0 Å². The smallest absolute Gasteiger partial charge is 0.337 e. The number of benzene rings is 2. The van der Waals surface area contributed by atoms with Gasteiger partial charge in [-0.25, -0.2) is 4.79 Å². The van der Waals surface area contributed by atoms with Gasteiger partial charge in [0.15, 0.2) is 5.43 Å². The molecule has 1 atom stereocenters. The van der Waals surface area contributed by atoms with Crippen LogP contribution in [0.4, 0.5) is 0 Å². The Morgan fingerprint density at radius 1 is 1.13 bits per heavy atom. The number of carbonyl (C=O) groups is 2. The number of hydrogen-bond acceptors (Lipinski definition) is 6. The zero-order valence-corrected chi connectivity index (χ0v) is 18.6. The normalized spacial score (nSPS) is 15.4. The number of halogens is 1. The van der Waals surface area contributed by atoms with Gasteiger partial charge in [0.05, 0.1) is 29.7 Å². The number of esters is 1.